The number of nitrogens with one attached hydrogen (secondary N) is 1. The van der Waals surface area contributed by atoms with Crippen LogP contribution in [0.4, 0.5) is 5.69 Å². The second-order valence-electron chi connectivity index (χ2n) is 6.45. The lowest BCUT2D eigenvalue weighted by Gasteiger charge is -2.32. The number of halogens is 1. The molecule has 0 aliphatic carbocycles. The molecule has 1 aliphatic rings. The minimum atomic E-state index is -3.52. The second kappa shape index (κ2) is 8.06. The van der Waals surface area contributed by atoms with Gasteiger partial charge in [0.2, 0.25) is 10.0 Å². The van der Waals surface area contributed by atoms with Crippen molar-refractivity contribution in [3.63, 3.8) is 0 Å². The second-order valence-corrected chi connectivity index (χ2v) is 9.59. The Morgan fingerprint density at radius 3 is 2.54 bits per heavy atom. The molecule has 0 spiro atoms. The fourth-order valence-corrected chi connectivity index (χ4v) is 5.35. The van der Waals surface area contributed by atoms with Crippen LogP contribution >= 0.6 is 22.6 Å². The Balaban J connectivity index is 1.76. The Morgan fingerprint density at radius 1 is 1.15 bits per heavy atom. The predicted molar refractivity (Wildman–Crippen MR) is 111 cm³/mol. The molecule has 1 heterocycles. The average Bonchev–Trinajstić information content (AvgIpc) is 2.62. The van der Waals surface area contributed by atoms with Gasteiger partial charge in [0.05, 0.1) is 4.90 Å². The molecule has 1 atom stereocenters. The predicted octanol–water partition coefficient (Wildman–Crippen LogP) is 4.11. The summed E-state index contributed by atoms with van der Waals surface area (Å²) >= 11 is 2.18. The number of hydrogen-bond donors (Lipinski definition) is 1. The highest BCUT2D eigenvalue weighted by atomic mass is 127. The number of anilines is 1. The molecule has 0 unspecified atom stereocenters. The Bertz CT molecular complexity index is 897. The number of piperidine rings is 1. The zero-order valence-electron chi connectivity index (χ0n) is 14.5. The summed E-state index contributed by atoms with van der Waals surface area (Å²) < 4.78 is 28.3. The van der Waals surface area contributed by atoms with E-state index in [4.69, 9.17) is 0 Å². The summed E-state index contributed by atoms with van der Waals surface area (Å²) in [7, 11) is -3.52. The molecule has 5 nitrogen and oxygen atoms in total. The van der Waals surface area contributed by atoms with Gasteiger partial charge in [0, 0.05) is 27.4 Å². The van der Waals surface area contributed by atoms with Crippen molar-refractivity contribution in [1.82, 2.24) is 4.31 Å². The summed E-state index contributed by atoms with van der Waals surface area (Å²) in [6.07, 6.45) is 2.83. The van der Waals surface area contributed by atoms with E-state index in [0.29, 0.717) is 17.8 Å². The molecule has 1 saturated heterocycles. The maximum atomic E-state index is 12.8. The lowest BCUT2D eigenvalue weighted by molar-refractivity contribution is 0.102. The number of amides is 1. The van der Waals surface area contributed by atoms with Gasteiger partial charge < -0.3 is 5.32 Å². The van der Waals surface area contributed by atoms with Crippen molar-refractivity contribution >= 4 is 44.2 Å². The van der Waals surface area contributed by atoms with Crippen molar-refractivity contribution in [2.45, 2.75) is 37.1 Å². The van der Waals surface area contributed by atoms with Gasteiger partial charge in [-0.3, -0.25) is 4.79 Å². The van der Waals surface area contributed by atoms with Crippen LogP contribution in [0.3, 0.4) is 0 Å². The van der Waals surface area contributed by atoms with Crippen LogP contribution < -0.4 is 5.32 Å². The van der Waals surface area contributed by atoms with Gasteiger partial charge in [-0.05, 0) is 84.8 Å². The van der Waals surface area contributed by atoms with Crippen molar-refractivity contribution in [3.8, 4) is 0 Å². The van der Waals surface area contributed by atoms with Gasteiger partial charge in [0.1, 0.15) is 0 Å². The van der Waals surface area contributed by atoms with E-state index >= 15 is 0 Å². The smallest absolute Gasteiger partial charge is 0.255 e. The van der Waals surface area contributed by atoms with Crippen LogP contribution in [0, 0.1) is 3.57 Å². The first-order valence-corrected chi connectivity index (χ1v) is 11.1. The van der Waals surface area contributed by atoms with Gasteiger partial charge in [-0.2, -0.15) is 4.31 Å². The lowest BCUT2D eigenvalue weighted by Crippen LogP contribution is -2.41. The lowest BCUT2D eigenvalue weighted by atomic mass is 10.1. The minimum absolute atomic E-state index is 0.0114. The van der Waals surface area contributed by atoms with E-state index in [-0.39, 0.29) is 16.8 Å². The molecule has 0 radical (unpaired) electrons. The van der Waals surface area contributed by atoms with Crippen LogP contribution in [-0.4, -0.2) is 31.2 Å². The zero-order valence-corrected chi connectivity index (χ0v) is 17.5. The molecule has 3 rings (SSSR count). The van der Waals surface area contributed by atoms with E-state index in [1.165, 1.54) is 12.1 Å². The van der Waals surface area contributed by atoms with Crippen LogP contribution in [0.5, 0.6) is 0 Å². The van der Waals surface area contributed by atoms with Gasteiger partial charge in [0.15, 0.2) is 0 Å². The third-order valence-corrected chi connectivity index (χ3v) is 7.25. The SMILES string of the molecule is C[C@H]1CCCCN1S(=O)(=O)c1ccc(C(=O)Nc2cccc(I)c2)cc1. The maximum Gasteiger partial charge on any atom is 0.255 e. The first kappa shape index (κ1) is 19.3. The van der Waals surface area contributed by atoms with Gasteiger partial charge in [-0.15, -0.1) is 0 Å². The first-order chi connectivity index (χ1) is 12.4. The summed E-state index contributed by atoms with van der Waals surface area (Å²) in [6, 6.07) is 13.7. The van der Waals surface area contributed by atoms with Crippen LogP contribution in [0.25, 0.3) is 0 Å². The van der Waals surface area contributed by atoms with Crippen LogP contribution in [0.1, 0.15) is 36.5 Å². The number of rotatable bonds is 4. The Morgan fingerprint density at radius 2 is 1.88 bits per heavy atom. The zero-order chi connectivity index (χ0) is 18.7. The molecule has 7 heteroatoms. The van der Waals surface area contributed by atoms with E-state index in [2.05, 4.69) is 27.9 Å². The van der Waals surface area contributed by atoms with Gasteiger partial charge in [0.25, 0.3) is 5.91 Å². The Kier molecular flexibility index (Phi) is 5.99. The molecule has 138 valence electrons. The molecule has 0 bridgehead atoms. The van der Waals surface area contributed by atoms with E-state index in [0.717, 1.165) is 22.8 Å². The highest BCUT2D eigenvalue weighted by Gasteiger charge is 2.30. The number of carbonyl (C=O) groups excluding carboxylic acids is 1. The fourth-order valence-electron chi connectivity index (χ4n) is 3.11. The average molecular weight is 484 g/mol. The van der Waals surface area contributed by atoms with E-state index in [9.17, 15) is 13.2 Å². The molecule has 26 heavy (non-hydrogen) atoms. The minimum Gasteiger partial charge on any atom is -0.322 e. The largest absolute Gasteiger partial charge is 0.322 e. The number of carbonyl (C=O) groups is 1. The Labute approximate surface area is 168 Å². The molecule has 0 saturated carbocycles. The van der Waals surface area contributed by atoms with Crippen molar-refractivity contribution < 1.29 is 13.2 Å². The van der Waals surface area contributed by atoms with Gasteiger partial charge in [-0.1, -0.05) is 12.5 Å². The highest BCUT2D eigenvalue weighted by molar-refractivity contribution is 14.1. The normalized spacial score (nSPS) is 18.5. The number of hydrogen-bond acceptors (Lipinski definition) is 3. The van der Waals surface area contributed by atoms with E-state index in [1.807, 2.05) is 31.2 Å². The number of sulfonamides is 1. The standard InChI is InChI=1S/C19H21IN2O3S/c1-14-5-2-3-12-22(14)26(24,25)18-10-8-15(9-11-18)19(23)21-17-7-4-6-16(20)13-17/h4,6-11,13-14H,2-3,5,12H2,1H3,(H,21,23)/t14-/m0/s1. The van der Waals surface area contributed by atoms with Crippen molar-refractivity contribution in [3.05, 3.63) is 57.7 Å². The monoisotopic (exact) mass is 484 g/mol. The summed E-state index contributed by atoms with van der Waals surface area (Å²) in [5, 5.41) is 2.82. The maximum absolute atomic E-state index is 12.8. The van der Waals surface area contributed by atoms with E-state index in [1.54, 1.807) is 16.4 Å². The molecular weight excluding hydrogens is 463 g/mol. The first-order valence-electron chi connectivity index (χ1n) is 8.57. The summed E-state index contributed by atoms with van der Waals surface area (Å²) in [4.78, 5) is 12.6. The molecule has 2 aromatic rings. The van der Waals surface area contributed by atoms with E-state index < -0.39 is 10.0 Å². The fraction of sp³-hybridized carbons (Fsp3) is 0.316. The van der Waals surface area contributed by atoms with Crippen LogP contribution in [-0.2, 0) is 10.0 Å². The quantitative estimate of drug-likeness (QED) is 0.665. The summed E-state index contributed by atoms with van der Waals surface area (Å²) in [5.41, 5.74) is 1.13. The molecule has 1 N–H and O–H groups in total. The van der Waals surface area contributed by atoms with Crippen molar-refractivity contribution in [1.29, 1.82) is 0 Å². The van der Waals surface area contributed by atoms with Crippen molar-refractivity contribution in [2.75, 3.05) is 11.9 Å². The van der Waals surface area contributed by atoms with Gasteiger partial charge in [-0.25, -0.2) is 8.42 Å². The molecule has 2 aromatic carbocycles. The molecule has 1 aliphatic heterocycles. The molecule has 0 aromatic heterocycles. The third-order valence-electron chi connectivity index (χ3n) is 4.55. The molecule has 1 fully saturated rings. The van der Waals surface area contributed by atoms with Crippen molar-refractivity contribution in [2.24, 2.45) is 0 Å². The molecular formula is C19H21IN2O3S. The summed E-state index contributed by atoms with van der Waals surface area (Å²) in [6.45, 7) is 2.50. The number of nitrogens with zero attached hydrogens (tertiary/aromatic N) is 1. The molecule has 1 amide bonds. The number of benzene rings is 2. The van der Waals surface area contributed by atoms with Crippen LogP contribution in [0.15, 0.2) is 53.4 Å². The highest BCUT2D eigenvalue weighted by Crippen LogP contribution is 2.25. The Hall–Kier alpha value is -1.45. The third kappa shape index (κ3) is 4.27. The van der Waals surface area contributed by atoms with Gasteiger partial charge >= 0.3 is 0 Å². The topological polar surface area (TPSA) is 66.5 Å². The van der Waals surface area contributed by atoms with Crippen LogP contribution in [0.2, 0.25) is 0 Å². The summed E-state index contributed by atoms with van der Waals surface area (Å²) in [5.74, 6) is -0.262.